The molecule has 0 heterocycles. The van der Waals surface area contributed by atoms with Gasteiger partial charge in [-0.2, -0.15) is 0 Å². The molecule has 0 saturated carbocycles. The van der Waals surface area contributed by atoms with E-state index in [1.807, 2.05) is 0 Å². The van der Waals surface area contributed by atoms with Gasteiger partial charge in [-0.1, -0.05) is 0 Å². The fraction of sp³-hybridized carbons (Fsp3) is 1.00. The molecule has 0 aliphatic rings. The third kappa shape index (κ3) is 7.75. The van der Waals surface area contributed by atoms with Crippen LogP contribution in [0.25, 0.3) is 0 Å². The predicted molar refractivity (Wildman–Crippen MR) is 33.0 cm³/mol. The van der Waals surface area contributed by atoms with E-state index >= 15 is 0 Å². The Bertz CT molecular complexity index is 70.8. The molecule has 0 fully saturated rings. The van der Waals surface area contributed by atoms with Crippen molar-refractivity contribution in [3.05, 3.63) is 4.91 Å². The molecular weight excluding hydrogens is 145 g/mol. The quantitative estimate of drug-likeness (QED) is 0.245. The second-order valence-corrected chi connectivity index (χ2v) is 1.73. The van der Waals surface area contributed by atoms with E-state index in [4.69, 9.17) is 4.52 Å². The summed E-state index contributed by atoms with van der Waals surface area (Å²) in [5.41, 5.74) is 0. The van der Waals surface area contributed by atoms with Gasteiger partial charge < -0.3 is 13.9 Å². The molecule has 0 aromatic rings. The second kappa shape index (κ2) is 7.75. The normalized spacial score (nSPS) is 10.3. The molecular formula is C3H8NO4P. The minimum atomic E-state index is -0.317. The average Bonchev–Trinajstić information content (AvgIpc) is 1.89. The van der Waals surface area contributed by atoms with Crippen LogP contribution >= 0.6 is 9.03 Å². The highest BCUT2D eigenvalue weighted by atomic mass is 31.1. The van der Waals surface area contributed by atoms with Crippen LogP contribution in [0.4, 0.5) is 0 Å². The number of methoxy groups -OCH3 is 1. The van der Waals surface area contributed by atoms with Crippen molar-refractivity contribution in [3.8, 4) is 0 Å². The highest BCUT2D eigenvalue weighted by Crippen LogP contribution is 2.12. The first-order chi connectivity index (χ1) is 4.41. The lowest BCUT2D eigenvalue weighted by atomic mass is 10.8. The second-order valence-electron chi connectivity index (χ2n) is 1.09. The van der Waals surface area contributed by atoms with Crippen LogP contribution in [-0.4, -0.2) is 20.3 Å². The number of nitrogens with zero attached hydrogens (tertiary/aromatic N) is 1. The van der Waals surface area contributed by atoms with Crippen LogP contribution < -0.4 is 0 Å². The Labute approximate surface area is 54.5 Å². The third-order valence-corrected chi connectivity index (χ3v) is 0.994. The van der Waals surface area contributed by atoms with Gasteiger partial charge in [0.15, 0.2) is 5.34 Å². The van der Waals surface area contributed by atoms with Crippen molar-refractivity contribution in [2.75, 3.05) is 20.3 Å². The minimum absolute atomic E-state index is 0.317. The van der Waals surface area contributed by atoms with Crippen LogP contribution in [0.3, 0.4) is 0 Å². The summed E-state index contributed by atoms with van der Waals surface area (Å²) in [5, 5.41) is 2.13. The summed E-state index contributed by atoms with van der Waals surface area (Å²) in [5.74, 6) is 0. The molecule has 54 valence electrons. The molecule has 0 radical (unpaired) electrons. The lowest BCUT2D eigenvalue weighted by Gasteiger charge is -1.96. The zero-order valence-electron chi connectivity index (χ0n) is 4.99. The van der Waals surface area contributed by atoms with E-state index in [0.29, 0.717) is 13.2 Å². The number of rotatable bonds is 6. The Hall–Kier alpha value is -0.250. The fourth-order valence-corrected chi connectivity index (χ4v) is 0.458. The summed E-state index contributed by atoms with van der Waals surface area (Å²) in [7, 11) is 1.24. The predicted octanol–water partition coefficient (Wildman–Crippen LogP) is 0.856. The Morgan fingerprint density at radius 2 is 2.33 bits per heavy atom. The molecule has 0 aliphatic carbocycles. The number of ether oxygens (including phenoxy) is 1. The van der Waals surface area contributed by atoms with Gasteiger partial charge in [-0.25, -0.2) is 0 Å². The smallest absolute Gasteiger partial charge is 0.251 e. The van der Waals surface area contributed by atoms with Gasteiger partial charge in [0.2, 0.25) is 0 Å². The summed E-state index contributed by atoms with van der Waals surface area (Å²) >= 11 is 0. The highest BCUT2D eigenvalue weighted by Gasteiger charge is 1.85. The summed E-state index contributed by atoms with van der Waals surface area (Å²) in [6.07, 6.45) is 0. The van der Waals surface area contributed by atoms with Gasteiger partial charge in [-0.15, -0.1) is 4.91 Å². The van der Waals surface area contributed by atoms with E-state index in [0.717, 1.165) is 0 Å². The van der Waals surface area contributed by atoms with E-state index in [2.05, 4.69) is 14.7 Å². The van der Waals surface area contributed by atoms with Crippen molar-refractivity contribution < 1.29 is 13.9 Å². The van der Waals surface area contributed by atoms with Crippen LogP contribution in [0.15, 0.2) is 5.34 Å². The van der Waals surface area contributed by atoms with Crippen LogP contribution in [0, 0.1) is 4.91 Å². The Morgan fingerprint density at radius 1 is 1.56 bits per heavy atom. The van der Waals surface area contributed by atoms with Gasteiger partial charge in [-0.3, -0.25) is 0 Å². The van der Waals surface area contributed by atoms with Crippen LogP contribution in [0.1, 0.15) is 0 Å². The van der Waals surface area contributed by atoms with E-state index in [1.165, 1.54) is 0 Å². The molecule has 6 heteroatoms. The van der Waals surface area contributed by atoms with Gasteiger partial charge in [0.05, 0.1) is 13.2 Å². The van der Waals surface area contributed by atoms with Crippen LogP contribution in [0.5, 0.6) is 0 Å². The number of hydrogen-bond donors (Lipinski definition) is 0. The van der Waals surface area contributed by atoms with E-state index in [-0.39, 0.29) is 9.03 Å². The molecule has 5 nitrogen and oxygen atoms in total. The first-order valence-electron chi connectivity index (χ1n) is 2.26. The van der Waals surface area contributed by atoms with Crippen molar-refractivity contribution >= 4 is 9.03 Å². The SMILES string of the molecule is COCCOPON=O. The Kier molecular flexibility index (Phi) is 7.53. The summed E-state index contributed by atoms with van der Waals surface area (Å²) in [4.78, 5) is 9.26. The van der Waals surface area contributed by atoms with Crippen molar-refractivity contribution in [1.29, 1.82) is 0 Å². The molecule has 0 amide bonds. The molecule has 0 saturated heterocycles. The maximum Gasteiger partial charge on any atom is 0.251 e. The van der Waals surface area contributed by atoms with Crippen molar-refractivity contribution in [1.82, 2.24) is 0 Å². The fourth-order valence-electron chi connectivity index (χ4n) is 0.208. The van der Waals surface area contributed by atoms with Crippen LogP contribution in [-0.2, 0) is 13.9 Å². The van der Waals surface area contributed by atoms with Crippen LogP contribution in [0.2, 0.25) is 0 Å². The van der Waals surface area contributed by atoms with Gasteiger partial charge >= 0.3 is 0 Å². The molecule has 1 unspecified atom stereocenters. The molecule has 0 aromatic heterocycles. The molecule has 1 atom stereocenters. The summed E-state index contributed by atoms with van der Waals surface area (Å²) < 4.78 is 13.3. The van der Waals surface area contributed by atoms with E-state index in [1.54, 1.807) is 7.11 Å². The standard InChI is InChI=1S/C3H8NO4P/c1-6-2-3-7-9-8-4-5/h9H,2-3H2,1H3. The topological polar surface area (TPSA) is 57.1 Å². The maximum atomic E-state index is 9.26. The van der Waals surface area contributed by atoms with E-state index in [9.17, 15) is 4.91 Å². The molecule has 0 spiro atoms. The molecule has 9 heavy (non-hydrogen) atoms. The zero-order valence-corrected chi connectivity index (χ0v) is 5.99. The van der Waals surface area contributed by atoms with Gasteiger partial charge in [0, 0.05) is 7.11 Å². The van der Waals surface area contributed by atoms with Crippen molar-refractivity contribution in [2.45, 2.75) is 0 Å². The van der Waals surface area contributed by atoms with Gasteiger partial charge in [-0.05, 0) is 0 Å². The molecule has 0 aliphatic heterocycles. The highest BCUT2D eigenvalue weighted by molar-refractivity contribution is 7.26. The van der Waals surface area contributed by atoms with Gasteiger partial charge in [0.25, 0.3) is 9.03 Å². The van der Waals surface area contributed by atoms with Crippen molar-refractivity contribution in [2.24, 2.45) is 5.34 Å². The lowest BCUT2D eigenvalue weighted by Crippen LogP contribution is -1.95. The average molecular weight is 153 g/mol. The number of hydrogen-bond acceptors (Lipinski definition) is 5. The Morgan fingerprint density at radius 3 is 2.89 bits per heavy atom. The Balaban J connectivity index is 2.66. The van der Waals surface area contributed by atoms with E-state index < -0.39 is 0 Å². The van der Waals surface area contributed by atoms with Gasteiger partial charge in [0.1, 0.15) is 0 Å². The van der Waals surface area contributed by atoms with Crippen molar-refractivity contribution in [3.63, 3.8) is 0 Å². The molecule has 0 N–H and O–H groups in total. The first-order valence-corrected chi connectivity index (χ1v) is 3.08. The minimum Gasteiger partial charge on any atom is -0.382 e. The molecule has 0 bridgehead atoms. The first kappa shape index (κ1) is 8.75. The largest absolute Gasteiger partial charge is 0.382 e. The zero-order chi connectivity index (χ0) is 6.95. The lowest BCUT2D eigenvalue weighted by molar-refractivity contribution is 0.145. The summed E-state index contributed by atoms with van der Waals surface area (Å²) in [6, 6.07) is 0. The third-order valence-electron chi connectivity index (χ3n) is 0.523. The maximum absolute atomic E-state index is 9.26. The summed E-state index contributed by atoms with van der Waals surface area (Å²) in [6.45, 7) is 0.916. The molecule has 0 aromatic carbocycles. The molecule has 0 rings (SSSR count). The monoisotopic (exact) mass is 153 g/mol.